The summed E-state index contributed by atoms with van der Waals surface area (Å²) in [5.41, 5.74) is 3.95. The third-order valence-electron chi connectivity index (χ3n) is 2.84. The molecule has 2 nitrogen and oxygen atoms in total. The van der Waals surface area contributed by atoms with Crippen LogP contribution in [0.15, 0.2) is 36.4 Å². The van der Waals surface area contributed by atoms with Crippen LogP contribution in [0.1, 0.15) is 11.1 Å². The van der Waals surface area contributed by atoms with Gasteiger partial charge in [0.05, 0.1) is 15.7 Å². The molecule has 0 saturated carbocycles. The van der Waals surface area contributed by atoms with Crippen molar-refractivity contribution in [3.05, 3.63) is 57.6 Å². The van der Waals surface area contributed by atoms with Gasteiger partial charge < -0.3 is 10.6 Å². The van der Waals surface area contributed by atoms with E-state index in [1.54, 1.807) is 6.07 Å². The summed E-state index contributed by atoms with van der Waals surface area (Å²) in [6.45, 7) is 4.06. The van der Waals surface area contributed by atoms with Crippen molar-refractivity contribution in [2.24, 2.45) is 0 Å². The molecule has 0 heterocycles. The predicted molar refractivity (Wildman–Crippen MR) is 92.2 cm³/mol. The Morgan fingerprint density at radius 3 is 2.45 bits per heavy atom. The second-order valence-electron chi connectivity index (χ2n) is 4.50. The summed E-state index contributed by atoms with van der Waals surface area (Å²) in [5.74, 6) is 0. The molecule has 0 aliphatic carbocycles. The fraction of sp³-hybridized carbons (Fsp3) is 0.133. The van der Waals surface area contributed by atoms with E-state index in [9.17, 15) is 0 Å². The van der Waals surface area contributed by atoms with E-state index in [0.717, 1.165) is 11.3 Å². The van der Waals surface area contributed by atoms with Crippen LogP contribution in [0.2, 0.25) is 10.0 Å². The molecule has 0 atom stereocenters. The van der Waals surface area contributed by atoms with Gasteiger partial charge in [0, 0.05) is 5.69 Å². The smallest absolute Gasteiger partial charge is 0.175 e. The Bertz CT molecular complexity index is 650. The first-order valence-corrected chi connectivity index (χ1v) is 7.23. The summed E-state index contributed by atoms with van der Waals surface area (Å²) in [5, 5.41) is 7.64. The Morgan fingerprint density at radius 1 is 1.00 bits per heavy atom. The number of hydrogen-bond donors (Lipinski definition) is 2. The lowest BCUT2D eigenvalue weighted by Gasteiger charge is -2.14. The van der Waals surface area contributed by atoms with Gasteiger partial charge >= 0.3 is 0 Å². The van der Waals surface area contributed by atoms with Gasteiger partial charge in [-0.15, -0.1) is 0 Å². The van der Waals surface area contributed by atoms with Crippen molar-refractivity contribution in [1.82, 2.24) is 0 Å². The van der Waals surface area contributed by atoms with E-state index >= 15 is 0 Å². The van der Waals surface area contributed by atoms with E-state index < -0.39 is 0 Å². The average Bonchev–Trinajstić information content (AvgIpc) is 2.39. The van der Waals surface area contributed by atoms with Crippen LogP contribution in [0.4, 0.5) is 11.4 Å². The molecule has 2 aromatic rings. The Labute approximate surface area is 134 Å². The molecule has 0 fully saturated rings. The molecule has 0 unspecified atom stereocenters. The summed E-state index contributed by atoms with van der Waals surface area (Å²) in [4.78, 5) is 0. The van der Waals surface area contributed by atoms with Crippen molar-refractivity contribution in [3.8, 4) is 0 Å². The van der Waals surface area contributed by atoms with Gasteiger partial charge in [0.15, 0.2) is 5.11 Å². The Hall–Kier alpha value is -1.29. The lowest BCUT2D eigenvalue weighted by atomic mass is 10.1. The van der Waals surface area contributed by atoms with Crippen LogP contribution >= 0.6 is 35.4 Å². The molecule has 20 heavy (non-hydrogen) atoms. The Balaban J connectivity index is 2.13. The number of benzene rings is 2. The SMILES string of the molecule is Cc1ccc(C)c(NC(=S)Nc2cccc(Cl)c2Cl)c1. The van der Waals surface area contributed by atoms with Gasteiger partial charge in [0.1, 0.15) is 0 Å². The molecular formula is C15H14Cl2N2S. The summed E-state index contributed by atoms with van der Waals surface area (Å²) in [6, 6.07) is 11.5. The lowest BCUT2D eigenvalue weighted by Crippen LogP contribution is -2.19. The predicted octanol–water partition coefficient (Wildman–Crippen LogP) is 5.42. The zero-order valence-electron chi connectivity index (χ0n) is 11.1. The third-order valence-corrected chi connectivity index (χ3v) is 3.86. The van der Waals surface area contributed by atoms with Crippen molar-refractivity contribution >= 4 is 51.9 Å². The Morgan fingerprint density at radius 2 is 1.70 bits per heavy atom. The number of anilines is 2. The summed E-state index contributed by atoms with van der Waals surface area (Å²) in [6.07, 6.45) is 0. The first-order valence-electron chi connectivity index (χ1n) is 6.06. The highest BCUT2D eigenvalue weighted by Gasteiger charge is 2.07. The maximum absolute atomic E-state index is 6.11. The molecule has 0 radical (unpaired) electrons. The van der Waals surface area contributed by atoms with Gasteiger partial charge in [-0.1, -0.05) is 41.4 Å². The molecule has 2 aromatic carbocycles. The molecule has 0 bridgehead atoms. The molecule has 2 N–H and O–H groups in total. The molecule has 0 amide bonds. The van der Waals surface area contributed by atoms with E-state index in [1.807, 2.05) is 38.1 Å². The van der Waals surface area contributed by atoms with Crippen molar-refractivity contribution in [3.63, 3.8) is 0 Å². The second-order valence-corrected chi connectivity index (χ2v) is 5.69. The molecule has 104 valence electrons. The average molecular weight is 325 g/mol. The van der Waals surface area contributed by atoms with Crippen LogP contribution in [-0.2, 0) is 0 Å². The van der Waals surface area contributed by atoms with Gasteiger partial charge in [0.25, 0.3) is 0 Å². The Kier molecular flexibility index (Phi) is 4.86. The normalized spacial score (nSPS) is 10.2. The van der Waals surface area contributed by atoms with Crippen LogP contribution < -0.4 is 10.6 Å². The summed E-state index contributed by atoms with van der Waals surface area (Å²) in [7, 11) is 0. The van der Waals surface area contributed by atoms with E-state index in [-0.39, 0.29) is 0 Å². The lowest BCUT2D eigenvalue weighted by molar-refractivity contribution is 1.39. The summed E-state index contributed by atoms with van der Waals surface area (Å²) < 4.78 is 0. The van der Waals surface area contributed by atoms with Crippen LogP contribution in [-0.4, -0.2) is 5.11 Å². The fourth-order valence-electron chi connectivity index (χ4n) is 1.75. The molecule has 0 saturated heterocycles. The van der Waals surface area contributed by atoms with Gasteiger partial charge in [0.2, 0.25) is 0 Å². The largest absolute Gasteiger partial charge is 0.332 e. The minimum Gasteiger partial charge on any atom is -0.332 e. The maximum Gasteiger partial charge on any atom is 0.175 e. The zero-order valence-corrected chi connectivity index (χ0v) is 13.5. The van der Waals surface area contributed by atoms with E-state index in [2.05, 4.69) is 16.7 Å². The van der Waals surface area contributed by atoms with Crippen LogP contribution in [0.5, 0.6) is 0 Å². The van der Waals surface area contributed by atoms with Crippen LogP contribution in [0.3, 0.4) is 0 Å². The zero-order chi connectivity index (χ0) is 14.7. The van der Waals surface area contributed by atoms with Gasteiger partial charge in [-0.05, 0) is 55.4 Å². The van der Waals surface area contributed by atoms with Gasteiger partial charge in [-0.25, -0.2) is 0 Å². The molecule has 0 aliphatic heterocycles. The minimum atomic E-state index is 0.458. The molecule has 2 rings (SSSR count). The van der Waals surface area contributed by atoms with Crippen molar-refractivity contribution in [2.45, 2.75) is 13.8 Å². The van der Waals surface area contributed by atoms with Crippen LogP contribution in [0.25, 0.3) is 0 Å². The number of aryl methyl sites for hydroxylation is 2. The molecule has 0 spiro atoms. The topological polar surface area (TPSA) is 24.1 Å². The van der Waals surface area contributed by atoms with E-state index in [0.29, 0.717) is 20.8 Å². The highest BCUT2D eigenvalue weighted by atomic mass is 35.5. The third kappa shape index (κ3) is 3.63. The number of halogens is 2. The van der Waals surface area contributed by atoms with E-state index in [1.165, 1.54) is 5.56 Å². The minimum absolute atomic E-state index is 0.458. The van der Waals surface area contributed by atoms with Gasteiger partial charge in [-0.3, -0.25) is 0 Å². The molecule has 0 aliphatic rings. The first kappa shape index (κ1) is 15.1. The second kappa shape index (κ2) is 6.44. The summed E-state index contributed by atoms with van der Waals surface area (Å²) >= 11 is 17.4. The molecule has 5 heteroatoms. The first-order chi connectivity index (χ1) is 9.47. The van der Waals surface area contributed by atoms with Crippen LogP contribution in [0, 0.1) is 13.8 Å². The maximum atomic E-state index is 6.11. The fourth-order valence-corrected chi connectivity index (χ4v) is 2.31. The number of nitrogens with one attached hydrogen (secondary N) is 2. The van der Waals surface area contributed by atoms with Crippen molar-refractivity contribution in [1.29, 1.82) is 0 Å². The highest BCUT2D eigenvalue weighted by molar-refractivity contribution is 7.80. The number of thiocarbonyl (C=S) groups is 1. The van der Waals surface area contributed by atoms with Crippen molar-refractivity contribution in [2.75, 3.05) is 10.6 Å². The molecular weight excluding hydrogens is 311 g/mol. The number of hydrogen-bond acceptors (Lipinski definition) is 1. The quantitative estimate of drug-likeness (QED) is 0.721. The van der Waals surface area contributed by atoms with Crippen molar-refractivity contribution < 1.29 is 0 Å². The number of rotatable bonds is 2. The standard InChI is InChI=1S/C15H14Cl2N2S/c1-9-6-7-10(2)13(8-9)19-15(20)18-12-5-3-4-11(16)14(12)17/h3-8H,1-2H3,(H2,18,19,20). The monoisotopic (exact) mass is 324 g/mol. The highest BCUT2D eigenvalue weighted by Crippen LogP contribution is 2.29. The van der Waals surface area contributed by atoms with E-state index in [4.69, 9.17) is 35.4 Å². The molecule has 0 aromatic heterocycles. The van der Waals surface area contributed by atoms with Gasteiger partial charge in [-0.2, -0.15) is 0 Å².